The normalized spacial score (nSPS) is 20.3. The maximum atomic E-state index is 12.3. The molecule has 2 saturated heterocycles. The van der Waals surface area contributed by atoms with Gasteiger partial charge in [-0.1, -0.05) is 30.3 Å². The van der Waals surface area contributed by atoms with E-state index < -0.39 is 0 Å². The lowest BCUT2D eigenvalue weighted by Crippen LogP contribution is -2.36. The number of amides is 1. The summed E-state index contributed by atoms with van der Waals surface area (Å²) in [6.45, 7) is 5.37. The second kappa shape index (κ2) is 7.98. The number of aliphatic imine (C=N–C) groups is 1. The molecule has 2 fully saturated rings. The zero-order chi connectivity index (χ0) is 18.6. The van der Waals surface area contributed by atoms with Crippen LogP contribution in [-0.4, -0.2) is 37.4 Å². The molecule has 0 atom stereocenters. The fourth-order valence-corrected chi connectivity index (χ4v) is 3.87. The van der Waals surface area contributed by atoms with Crippen LogP contribution in [0.5, 0.6) is 0 Å². The first kappa shape index (κ1) is 17.8. The Morgan fingerprint density at radius 2 is 1.85 bits per heavy atom. The number of amidine groups is 1. The van der Waals surface area contributed by atoms with Gasteiger partial charge in [0.05, 0.1) is 23.8 Å². The van der Waals surface area contributed by atoms with Crippen molar-refractivity contribution in [2.24, 2.45) is 4.99 Å². The minimum Gasteiger partial charge on any atom is -0.378 e. The summed E-state index contributed by atoms with van der Waals surface area (Å²) in [5.74, 6) is -0.107. The molecule has 1 amide bonds. The van der Waals surface area contributed by atoms with Gasteiger partial charge in [-0.25, -0.2) is 4.99 Å². The zero-order valence-corrected chi connectivity index (χ0v) is 16.0. The van der Waals surface area contributed by atoms with Crippen LogP contribution in [0.15, 0.2) is 58.4 Å². The van der Waals surface area contributed by atoms with Gasteiger partial charge in [0.1, 0.15) is 0 Å². The van der Waals surface area contributed by atoms with Gasteiger partial charge in [-0.15, -0.1) is 0 Å². The summed E-state index contributed by atoms with van der Waals surface area (Å²) in [5, 5.41) is 3.46. The van der Waals surface area contributed by atoms with Crippen molar-refractivity contribution < 1.29 is 9.53 Å². The van der Waals surface area contributed by atoms with Crippen LogP contribution in [-0.2, 0) is 9.53 Å². The molecule has 5 nitrogen and oxygen atoms in total. The van der Waals surface area contributed by atoms with Crippen LogP contribution >= 0.6 is 11.8 Å². The first-order chi connectivity index (χ1) is 13.2. The molecule has 2 aliphatic rings. The number of morpholine rings is 1. The number of carbonyl (C=O) groups is 1. The molecule has 0 spiro atoms. The van der Waals surface area contributed by atoms with Gasteiger partial charge in [0.2, 0.25) is 0 Å². The SMILES string of the molecule is Cc1ccccc1N=C1NC(=O)C(=Cc2ccc(N3CCOCC3)cc2)S1. The monoisotopic (exact) mass is 379 g/mol. The molecule has 4 rings (SSSR count). The minimum atomic E-state index is -0.107. The highest BCUT2D eigenvalue weighted by Gasteiger charge is 2.24. The maximum Gasteiger partial charge on any atom is 0.264 e. The molecule has 2 heterocycles. The number of anilines is 1. The van der Waals surface area contributed by atoms with Crippen molar-refractivity contribution in [3.8, 4) is 0 Å². The van der Waals surface area contributed by atoms with Gasteiger partial charge < -0.3 is 15.0 Å². The summed E-state index contributed by atoms with van der Waals surface area (Å²) in [6, 6.07) is 16.2. The van der Waals surface area contributed by atoms with Crippen molar-refractivity contribution >= 4 is 40.3 Å². The number of carbonyl (C=O) groups excluding carboxylic acids is 1. The minimum absolute atomic E-state index is 0.107. The van der Waals surface area contributed by atoms with Gasteiger partial charge >= 0.3 is 0 Å². The molecule has 1 N–H and O–H groups in total. The number of rotatable bonds is 3. The molecule has 6 heteroatoms. The molecule has 2 aliphatic heterocycles. The van der Waals surface area contributed by atoms with Crippen LogP contribution in [0.25, 0.3) is 6.08 Å². The van der Waals surface area contributed by atoms with E-state index in [4.69, 9.17) is 4.74 Å². The number of hydrogen-bond donors (Lipinski definition) is 1. The van der Waals surface area contributed by atoms with Gasteiger partial charge in [0, 0.05) is 18.8 Å². The Bertz CT molecular complexity index is 900. The Kier molecular flexibility index (Phi) is 5.27. The predicted molar refractivity (Wildman–Crippen MR) is 111 cm³/mol. The van der Waals surface area contributed by atoms with E-state index in [0.29, 0.717) is 10.1 Å². The Balaban J connectivity index is 1.49. The molecular weight excluding hydrogens is 358 g/mol. The fraction of sp³-hybridized carbons (Fsp3) is 0.238. The largest absolute Gasteiger partial charge is 0.378 e. The van der Waals surface area contributed by atoms with E-state index in [2.05, 4.69) is 27.3 Å². The third-order valence-electron chi connectivity index (χ3n) is 4.56. The van der Waals surface area contributed by atoms with Gasteiger partial charge in [-0.2, -0.15) is 0 Å². The Morgan fingerprint density at radius 3 is 2.59 bits per heavy atom. The molecule has 0 radical (unpaired) electrons. The first-order valence-corrected chi connectivity index (χ1v) is 9.79. The van der Waals surface area contributed by atoms with Gasteiger partial charge in [-0.05, 0) is 54.1 Å². The van der Waals surface area contributed by atoms with E-state index >= 15 is 0 Å². The number of hydrogen-bond acceptors (Lipinski definition) is 5. The smallest absolute Gasteiger partial charge is 0.264 e. The topological polar surface area (TPSA) is 53.9 Å². The molecule has 138 valence electrons. The lowest BCUT2D eigenvalue weighted by Gasteiger charge is -2.28. The van der Waals surface area contributed by atoms with Crippen LogP contribution in [0.3, 0.4) is 0 Å². The van der Waals surface area contributed by atoms with Crippen LogP contribution in [0, 0.1) is 6.92 Å². The molecule has 27 heavy (non-hydrogen) atoms. The highest BCUT2D eigenvalue weighted by atomic mass is 32.2. The molecule has 2 aromatic carbocycles. The van der Waals surface area contributed by atoms with Crippen LogP contribution in [0.4, 0.5) is 11.4 Å². The molecule has 0 unspecified atom stereocenters. The number of ether oxygens (including phenoxy) is 1. The summed E-state index contributed by atoms with van der Waals surface area (Å²) in [7, 11) is 0. The second-order valence-corrected chi connectivity index (χ2v) is 7.49. The molecule has 0 aromatic heterocycles. The van der Waals surface area contributed by atoms with Crippen molar-refractivity contribution in [1.29, 1.82) is 0 Å². The average Bonchev–Trinajstić information content (AvgIpc) is 3.04. The lowest BCUT2D eigenvalue weighted by atomic mass is 10.1. The van der Waals surface area contributed by atoms with Crippen molar-refractivity contribution in [2.75, 3.05) is 31.2 Å². The van der Waals surface area contributed by atoms with Gasteiger partial charge in [0.25, 0.3) is 5.91 Å². The zero-order valence-electron chi connectivity index (χ0n) is 15.1. The van der Waals surface area contributed by atoms with Crippen LogP contribution in [0.2, 0.25) is 0 Å². The van der Waals surface area contributed by atoms with E-state index in [0.717, 1.165) is 43.1 Å². The predicted octanol–water partition coefficient (Wildman–Crippen LogP) is 3.72. The molecule has 0 bridgehead atoms. The van der Waals surface area contributed by atoms with Crippen molar-refractivity contribution in [3.63, 3.8) is 0 Å². The third-order valence-corrected chi connectivity index (χ3v) is 5.47. The molecular formula is C21H21N3O2S. The molecule has 0 aliphatic carbocycles. The van der Waals surface area contributed by atoms with Crippen molar-refractivity contribution in [2.45, 2.75) is 6.92 Å². The Labute approximate surface area is 163 Å². The van der Waals surface area contributed by atoms with E-state index in [-0.39, 0.29) is 5.91 Å². The molecule has 2 aromatic rings. The number of aryl methyl sites for hydroxylation is 1. The Morgan fingerprint density at radius 1 is 1.11 bits per heavy atom. The van der Waals surface area contributed by atoms with Crippen molar-refractivity contribution in [1.82, 2.24) is 5.32 Å². The molecule has 0 saturated carbocycles. The second-order valence-electron chi connectivity index (χ2n) is 6.46. The van der Waals surface area contributed by atoms with E-state index in [9.17, 15) is 4.79 Å². The Hall–Kier alpha value is -2.57. The van der Waals surface area contributed by atoms with E-state index in [1.165, 1.54) is 17.4 Å². The lowest BCUT2D eigenvalue weighted by molar-refractivity contribution is -0.115. The number of nitrogens with zero attached hydrogens (tertiary/aromatic N) is 2. The van der Waals surface area contributed by atoms with E-state index in [1.807, 2.05) is 49.4 Å². The van der Waals surface area contributed by atoms with Crippen LogP contribution < -0.4 is 10.2 Å². The van der Waals surface area contributed by atoms with E-state index in [1.54, 1.807) is 0 Å². The highest BCUT2D eigenvalue weighted by molar-refractivity contribution is 8.18. The highest BCUT2D eigenvalue weighted by Crippen LogP contribution is 2.29. The van der Waals surface area contributed by atoms with Crippen LogP contribution in [0.1, 0.15) is 11.1 Å². The number of nitrogens with one attached hydrogen (secondary N) is 1. The standard InChI is InChI=1S/C21H21N3O2S/c1-15-4-2-3-5-18(15)22-21-23-20(25)19(27-21)14-16-6-8-17(9-7-16)24-10-12-26-13-11-24/h2-9,14H,10-13H2,1H3,(H,22,23,25). The summed E-state index contributed by atoms with van der Waals surface area (Å²) in [4.78, 5) is 19.8. The third kappa shape index (κ3) is 4.23. The number of thioether (sulfide) groups is 1. The number of benzene rings is 2. The van der Waals surface area contributed by atoms with Gasteiger partial charge in [0.15, 0.2) is 5.17 Å². The van der Waals surface area contributed by atoms with Gasteiger partial charge in [-0.3, -0.25) is 4.79 Å². The quantitative estimate of drug-likeness (QED) is 0.826. The van der Waals surface area contributed by atoms with Crippen molar-refractivity contribution in [3.05, 3.63) is 64.6 Å². The summed E-state index contributed by atoms with van der Waals surface area (Å²) in [6.07, 6.45) is 1.91. The first-order valence-electron chi connectivity index (χ1n) is 8.97. The average molecular weight is 379 g/mol. The fourth-order valence-electron chi connectivity index (χ4n) is 3.03. The summed E-state index contributed by atoms with van der Waals surface area (Å²) < 4.78 is 5.40. The summed E-state index contributed by atoms with van der Waals surface area (Å²) in [5.41, 5.74) is 4.14. The summed E-state index contributed by atoms with van der Waals surface area (Å²) >= 11 is 1.37. The maximum absolute atomic E-state index is 12.3. The number of para-hydroxylation sites is 1.